The zero-order valence-electron chi connectivity index (χ0n) is 17.1. The van der Waals surface area contributed by atoms with E-state index in [-0.39, 0.29) is 12.5 Å². The summed E-state index contributed by atoms with van der Waals surface area (Å²) in [5.41, 5.74) is 0. The fourth-order valence-electron chi connectivity index (χ4n) is 1.89. The molecule has 0 saturated heterocycles. The molecule has 0 bridgehead atoms. The topological polar surface area (TPSA) is 84.9 Å². The Hall–Kier alpha value is -0.250. The lowest BCUT2D eigenvalue weighted by molar-refractivity contribution is -0.975. The van der Waals surface area contributed by atoms with Crippen LogP contribution in [0.1, 0.15) is 66.2 Å². The second-order valence-electron chi connectivity index (χ2n) is 6.56. The maximum absolute atomic E-state index is 9.22. The zero-order chi connectivity index (χ0) is 19.9. The summed E-state index contributed by atoms with van der Waals surface area (Å²) in [6, 6.07) is 0. The van der Waals surface area contributed by atoms with Gasteiger partial charge in [-0.05, 0) is 12.8 Å². The van der Waals surface area contributed by atoms with Crippen molar-refractivity contribution in [1.82, 2.24) is 0 Å². The number of hydrogen-bond acceptors (Lipinski definition) is 6. The average Bonchev–Trinajstić information content (AvgIpc) is 2.55. The van der Waals surface area contributed by atoms with Crippen molar-refractivity contribution in [2.45, 2.75) is 78.7 Å². The molecular formula is C17H39NO6S. The van der Waals surface area contributed by atoms with Gasteiger partial charge in [-0.25, -0.2) is 8.42 Å². The molecule has 154 valence electrons. The minimum absolute atomic E-state index is 0.179. The van der Waals surface area contributed by atoms with Crippen molar-refractivity contribution in [2.24, 2.45) is 0 Å². The molecule has 0 spiro atoms. The van der Waals surface area contributed by atoms with E-state index in [1.54, 1.807) is 0 Å². The Bertz CT molecular complexity index is 380. The van der Waals surface area contributed by atoms with Crippen molar-refractivity contribution in [2.75, 3.05) is 34.4 Å². The fourth-order valence-corrected chi connectivity index (χ4v) is 1.89. The highest BCUT2D eigenvalue weighted by Crippen LogP contribution is 2.16. The fraction of sp³-hybridized carbons (Fsp3) is 1.00. The summed E-state index contributed by atoms with van der Waals surface area (Å²) in [6.07, 6.45) is 7.67. The first-order valence-electron chi connectivity index (χ1n) is 9.10. The Labute approximate surface area is 155 Å². The lowest BCUT2D eigenvalue weighted by Gasteiger charge is -2.40. The van der Waals surface area contributed by atoms with Gasteiger partial charge in [0, 0.05) is 13.8 Å². The third-order valence-corrected chi connectivity index (χ3v) is 4.70. The molecular weight excluding hydrogens is 346 g/mol. The number of rotatable bonds is 13. The van der Waals surface area contributed by atoms with E-state index in [0.29, 0.717) is 0 Å². The van der Waals surface area contributed by atoms with Crippen LogP contribution in [0, 0.1) is 0 Å². The van der Waals surface area contributed by atoms with Crippen molar-refractivity contribution < 1.29 is 31.1 Å². The van der Waals surface area contributed by atoms with Crippen molar-refractivity contribution >= 4 is 10.4 Å². The maximum atomic E-state index is 9.22. The number of quaternary nitrogens is 1. The van der Waals surface area contributed by atoms with Crippen LogP contribution < -0.4 is 0 Å². The molecule has 0 aliphatic carbocycles. The van der Waals surface area contributed by atoms with Crippen LogP contribution in [0.4, 0.5) is 0 Å². The van der Waals surface area contributed by atoms with E-state index >= 15 is 0 Å². The van der Waals surface area contributed by atoms with Crippen LogP contribution in [0.2, 0.25) is 0 Å². The number of hydrogen-bond donors (Lipinski definition) is 0. The average molecular weight is 386 g/mol. The lowest BCUT2D eigenvalue weighted by Crippen LogP contribution is -2.55. The minimum atomic E-state index is -4.41. The molecule has 0 aromatic rings. The van der Waals surface area contributed by atoms with E-state index in [1.807, 2.05) is 0 Å². The molecule has 0 amide bonds. The highest BCUT2D eigenvalue weighted by Gasteiger charge is 2.31. The summed E-state index contributed by atoms with van der Waals surface area (Å²) in [7, 11) is 0.775. The molecule has 0 heterocycles. The first kappa shape index (κ1) is 27.0. The summed E-state index contributed by atoms with van der Waals surface area (Å²) in [6.45, 7) is 10.5. The first-order valence-corrected chi connectivity index (χ1v) is 10.4. The monoisotopic (exact) mass is 385 g/mol. The summed E-state index contributed by atoms with van der Waals surface area (Å²) in [5, 5.41) is 0. The quantitative estimate of drug-likeness (QED) is 0.159. The van der Waals surface area contributed by atoms with E-state index in [0.717, 1.165) is 37.6 Å². The van der Waals surface area contributed by atoms with Crippen LogP contribution in [0.25, 0.3) is 0 Å². The van der Waals surface area contributed by atoms with Gasteiger partial charge in [-0.2, -0.15) is 0 Å². The van der Waals surface area contributed by atoms with Crippen LogP contribution in [-0.2, 0) is 24.1 Å². The van der Waals surface area contributed by atoms with Crippen LogP contribution in [0.5, 0.6) is 0 Å². The molecule has 2 unspecified atom stereocenters. The second-order valence-corrected chi connectivity index (χ2v) is 7.71. The van der Waals surface area contributed by atoms with Gasteiger partial charge in [0.1, 0.15) is 0 Å². The van der Waals surface area contributed by atoms with Gasteiger partial charge in [-0.3, -0.25) is 8.67 Å². The highest BCUT2D eigenvalue weighted by atomic mass is 32.3. The summed E-state index contributed by atoms with van der Waals surface area (Å²) in [5.74, 6) is 0. The molecule has 8 heteroatoms. The van der Waals surface area contributed by atoms with Crippen molar-refractivity contribution in [3.8, 4) is 0 Å². The Morgan fingerprint density at radius 3 is 1.44 bits per heavy atom. The normalized spacial score (nSPS) is 14.6. The molecule has 0 rings (SSSR count). The summed E-state index contributed by atoms with van der Waals surface area (Å²) < 4.78 is 43.7. The zero-order valence-corrected chi connectivity index (χ0v) is 17.9. The number of ether oxygens (including phenoxy) is 2. The summed E-state index contributed by atoms with van der Waals surface area (Å²) in [4.78, 5) is 0. The van der Waals surface area contributed by atoms with E-state index < -0.39 is 10.4 Å². The molecule has 0 saturated carbocycles. The van der Waals surface area contributed by atoms with E-state index in [2.05, 4.69) is 46.0 Å². The number of unbranched alkanes of at least 4 members (excludes halogenated alkanes) is 4. The number of nitrogens with zero attached hydrogens (tertiary/aromatic N) is 1. The lowest BCUT2D eigenvalue weighted by atomic mass is 10.3. The van der Waals surface area contributed by atoms with Crippen molar-refractivity contribution in [3.63, 3.8) is 0 Å². The Balaban J connectivity index is 0. The summed E-state index contributed by atoms with van der Waals surface area (Å²) >= 11 is 0. The van der Waals surface area contributed by atoms with E-state index in [9.17, 15) is 13.0 Å². The molecule has 0 aromatic heterocycles. The van der Waals surface area contributed by atoms with Crippen LogP contribution in [-0.4, -0.2) is 64.3 Å². The van der Waals surface area contributed by atoms with Gasteiger partial charge in [0.2, 0.25) is 10.4 Å². The third-order valence-electron chi connectivity index (χ3n) is 4.29. The van der Waals surface area contributed by atoms with Crippen LogP contribution >= 0.6 is 0 Å². The van der Waals surface area contributed by atoms with E-state index in [1.165, 1.54) is 25.7 Å². The molecule has 0 aliphatic rings. The van der Waals surface area contributed by atoms with Gasteiger partial charge in [-0.1, -0.05) is 39.5 Å². The standard InChI is InChI=1S/C16H36NO2.CH4O4S/c1-7-9-11-13-18-15(3)17(5,6)16(4)19-14-12-10-8-2;1-5-6(2,3)4/h15-16H,7-14H2,1-6H3;1H3,(H,2,3,4)/q+1;/p-1. The van der Waals surface area contributed by atoms with Crippen LogP contribution in [0.15, 0.2) is 0 Å². The molecule has 0 radical (unpaired) electrons. The minimum Gasteiger partial charge on any atom is -0.726 e. The molecule has 0 aromatic carbocycles. The van der Waals surface area contributed by atoms with Gasteiger partial charge in [0.25, 0.3) is 0 Å². The Morgan fingerprint density at radius 1 is 0.880 bits per heavy atom. The molecule has 0 fully saturated rings. The Kier molecular flexibility index (Phi) is 16.0. The van der Waals surface area contributed by atoms with Crippen molar-refractivity contribution in [1.29, 1.82) is 0 Å². The van der Waals surface area contributed by atoms with Crippen molar-refractivity contribution in [3.05, 3.63) is 0 Å². The Morgan fingerprint density at radius 2 is 1.20 bits per heavy atom. The van der Waals surface area contributed by atoms with Crippen LogP contribution in [0.3, 0.4) is 0 Å². The highest BCUT2D eigenvalue weighted by molar-refractivity contribution is 7.80. The SMILES string of the molecule is CCCCCOC(C)[N+](C)(C)C(C)OCCCCC.COS(=O)(=O)[O-]. The maximum Gasteiger partial charge on any atom is 0.217 e. The predicted octanol–water partition coefficient (Wildman–Crippen LogP) is 3.26. The first-order chi connectivity index (χ1) is 11.5. The van der Waals surface area contributed by atoms with Gasteiger partial charge < -0.3 is 14.0 Å². The van der Waals surface area contributed by atoms with E-state index in [4.69, 9.17) is 9.47 Å². The third kappa shape index (κ3) is 15.7. The molecule has 0 N–H and O–H groups in total. The van der Waals surface area contributed by atoms with Gasteiger partial charge in [-0.15, -0.1) is 0 Å². The second kappa shape index (κ2) is 14.9. The smallest absolute Gasteiger partial charge is 0.217 e. The molecule has 2 atom stereocenters. The van der Waals surface area contributed by atoms with Gasteiger partial charge in [0.05, 0.1) is 34.4 Å². The van der Waals surface area contributed by atoms with Gasteiger partial charge in [0.15, 0.2) is 12.5 Å². The predicted molar refractivity (Wildman–Crippen MR) is 98.7 cm³/mol. The molecule has 0 aliphatic heterocycles. The van der Waals surface area contributed by atoms with Gasteiger partial charge >= 0.3 is 0 Å². The molecule has 25 heavy (non-hydrogen) atoms. The largest absolute Gasteiger partial charge is 0.726 e. The molecule has 7 nitrogen and oxygen atoms in total.